The van der Waals surface area contributed by atoms with E-state index in [4.69, 9.17) is 25.1 Å². The van der Waals surface area contributed by atoms with Crippen molar-refractivity contribution in [2.24, 2.45) is 5.92 Å². The minimum atomic E-state index is -1.82. The highest BCUT2D eigenvalue weighted by molar-refractivity contribution is 6.27. The molecule has 0 aromatic carbocycles. The molecule has 0 aromatic rings. The van der Waals surface area contributed by atoms with E-state index in [-0.39, 0.29) is 5.92 Å². The number of nitrogens with zero attached hydrogens (tertiary/aromatic N) is 1. The minimum absolute atomic E-state index is 0.281. The molecule has 6 heteroatoms. The van der Waals surface area contributed by atoms with E-state index >= 15 is 0 Å². The van der Waals surface area contributed by atoms with Gasteiger partial charge in [0.05, 0.1) is 12.0 Å². The van der Waals surface area contributed by atoms with Crippen LogP contribution in [0.2, 0.25) is 0 Å². The zero-order chi connectivity index (χ0) is 11.0. The Morgan fingerprint density at radius 1 is 1.36 bits per heavy atom. The topological polar surface area (TPSA) is 110 Å². The summed E-state index contributed by atoms with van der Waals surface area (Å²) in [6.07, 6.45) is 2.25. The third kappa shape index (κ3) is 5.97. The van der Waals surface area contributed by atoms with Crippen LogP contribution < -0.4 is 5.32 Å². The van der Waals surface area contributed by atoms with Gasteiger partial charge in [-0.2, -0.15) is 5.26 Å². The average molecular weight is 200 g/mol. The largest absolute Gasteiger partial charge is 0.473 e. The molecule has 14 heavy (non-hydrogen) atoms. The Balaban J connectivity index is 0.000000255. The van der Waals surface area contributed by atoms with Gasteiger partial charge in [-0.1, -0.05) is 0 Å². The molecule has 1 rings (SSSR count). The molecule has 1 heterocycles. The van der Waals surface area contributed by atoms with Crippen molar-refractivity contribution in [3.63, 3.8) is 0 Å². The van der Waals surface area contributed by atoms with Gasteiger partial charge in [-0.15, -0.1) is 0 Å². The Morgan fingerprint density at radius 3 is 2.14 bits per heavy atom. The molecule has 78 valence electrons. The molecule has 0 spiro atoms. The Morgan fingerprint density at radius 2 is 1.93 bits per heavy atom. The summed E-state index contributed by atoms with van der Waals surface area (Å²) in [6, 6.07) is 2.24. The lowest BCUT2D eigenvalue weighted by molar-refractivity contribution is -0.159. The summed E-state index contributed by atoms with van der Waals surface area (Å²) >= 11 is 0. The lowest BCUT2D eigenvalue weighted by Crippen LogP contribution is -2.28. The van der Waals surface area contributed by atoms with Gasteiger partial charge in [-0.25, -0.2) is 9.59 Å². The van der Waals surface area contributed by atoms with Crippen LogP contribution in [0.4, 0.5) is 0 Å². The third-order valence-corrected chi connectivity index (χ3v) is 1.66. The number of nitriles is 1. The number of hydrogen-bond acceptors (Lipinski definition) is 4. The third-order valence-electron chi connectivity index (χ3n) is 1.66. The van der Waals surface area contributed by atoms with E-state index in [1.54, 1.807) is 0 Å². The lowest BCUT2D eigenvalue weighted by Gasteiger charge is -2.15. The van der Waals surface area contributed by atoms with Crippen LogP contribution in [0.5, 0.6) is 0 Å². The van der Waals surface area contributed by atoms with Crippen molar-refractivity contribution in [1.82, 2.24) is 5.32 Å². The van der Waals surface area contributed by atoms with E-state index in [0.29, 0.717) is 0 Å². The molecule has 1 fully saturated rings. The van der Waals surface area contributed by atoms with Gasteiger partial charge in [0.2, 0.25) is 0 Å². The fraction of sp³-hybridized carbons (Fsp3) is 0.625. The number of piperidine rings is 1. The zero-order valence-corrected chi connectivity index (χ0v) is 7.56. The zero-order valence-electron chi connectivity index (χ0n) is 7.56. The van der Waals surface area contributed by atoms with Crippen LogP contribution >= 0.6 is 0 Å². The number of hydrogen-bond donors (Lipinski definition) is 3. The van der Waals surface area contributed by atoms with Gasteiger partial charge in [0.15, 0.2) is 0 Å². The van der Waals surface area contributed by atoms with Gasteiger partial charge in [-0.05, 0) is 19.4 Å². The van der Waals surface area contributed by atoms with Crippen LogP contribution in [-0.4, -0.2) is 35.2 Å². The summed E-state index contributed by atoms with van der Waals surface area (Å²) in [4.78, 5) is 18.2. The molecule has 6 nitrogen and oxygen atoms in total. The molecule has 1 aliphatic heterocycles. The van der Waals surface area contributed by atoms with Crippen molar-refractivity contribution in [2.75, 3.05) is 13.1 Å². The van der Waals surface area contributed by atoms with Crippen molar-refractivity contribution >= 4 is 11.9 Å². The number of aliphatic carboxylic acids is 2. The molecule has 0 bridgehead atoms. The van der Waals surface area contributed by atoms with Gasteiger partial charge in [0, 0.05) is 6.54 Å². The molecule has 3 N–H and O–H groups in total. The van der Waals surface area contributed by atoms with Crippen LogP contribution in [0.1, 0.15) is 12.8 Å². The standard InChI is InChI=1S/C6H10N2.C2H2O4/c7-4-6-2-1-3-8-5-6;3-1(4)2(5)6/h6,8H,1-3,5H2;(H,3,4)(H,5,6)/t6-;/m0./s1. The Hall–Kier alpha value is -1.61. The molecule has 0 radical (unpaired) electrons. The Bertz CT molecular complexity index is 228. The second-order valence-corrected chi connectivity index (χ2v) is 2.78. The summed E-state index contributed by atoms with van der Waals surface area (Å²) < 4.78 is 0. The average Bonchev–Trinajstić information content (AvgIpc) is 2.20. The van der Waals surface area contributed by atoms with Gasteiger partial charge in [0.25, 0.3) is 0 Å². The normalized spacial score (nSPS) is 19.8. The minimum Gasteiger partial charge on any atom is -0.473 e. The molecule has 0 aliphatic carbocycles. The number of nitrogens with one attached hydrogen (secondary N) is 1. The second kappa shape index (κ2) is 6.86. The maximum atomic E-state index is 9.10. The predicted octanol–water partition coefficient (Wildman–Crippen LogP) is -0.335. The van der Waals surface area contributed by atoms with E-state index in [1.807, 2.05) is 0 Å². The van der Waals surface area contributed by atoms with Crippen LogP contribution in [0.25, 0.3) is 0 Å². The monoisotopic (exact) mass is 200 g/mol. The first-order chi connectivity index (χ1) is 6.57. The summed E-state index contributed by atoms with van der Waals surface area (Å²) in [7, 11) is 0. The van der Waals surface area contributed by atoms with E-state index < -0.39 is 11.9 Å². The van der Waals surface area contributed by atoms with E-state index in [0.717, 1.165) is 25.9 Å². The van der Waals surface area contributed by atoms with E-state index in [9.17, 15) is 0 Å². The molecule has 0 saturated carbocycles. The highest BCUT2D eigenvalue weighted by atomic mass is 16.4. The molecule has 1 atom stereocenters. The Labute approximate surface area is 81.1 Å². The van der Waals surface area contributed by atoms with Crippen LogP contribution in [0.3, 0.4) is 0 Å². The molecule has 1 saturated heterocycles. The number of carbonyl (C=O) groups is 2. The number of carboxylic acid groups (broad SMARTS) is 2. The van der Waals surface area contributed by atoms with Gasteiger partial charge < -0.3 is 15.5 Å². The van der Waals surface area contributed by atoms with Crippen LogP contribution in [0, 0.1) is 17.2 Å². The van der Waals surface area contributed by atoms with Crippen LogP contribution in [-0.2, 0) is 9.59 Å². The highest BCUT2D eigenvalue weighted by Crippen LogP contribution is 2.06. The van der Waals surface area contributed by atoms with Crippen LogP contribution in [0.15, 0.2) is 0 Å². The van der Waals surface area contributed by atoms with Gasteiger partial charge in [-0.3, -0.25) is 0 Å². The molecule has 0 amide bonds. The summed E-state index contributed by atoms with van der Waals surface area (Å²) in [5.41, 5.74) is 0. The first-order valence-corrected chi connectivity index (χ1v) is 4.14. The summed E-state index contributed by atoms with van der Waals surface area (Å²) in [5.74, 6) is -3.37. The smallest absolute Gasteiger partial charge is 0.414 e. The second-order valence-electron chi connectivity index (χ2n) is 2.78. The molecular formula is C8H12N2O4. The molecule has 1 aliphatic rings. The highest BCUT2D eigenvalue weighted by Gasteiger charge is 2.09. The van der Waals surface area contributed by atoms with Gasteiger partial charge in [0.1, 0.15) is 0 Å². The number of rotatable bonds is 0. The quantitative estimate of drug-likeness (QED) is 0.461. The first-order valence-electron chi connectivity index (χ1n) is 4.14. The van der Waals surface area contributed by atoms with Gasteiger partial charge >= 0.3 is 11.9 Å². The van der Waals surface area contributed by atoms with E-state index in [2.05, 4.69) is 11.4 Å². The van der Waals surface area contributed by atoms with Crippen molar-refractivity contribution in [3.8, 4) is 6.07 Å². The maximum absolute atomic E-state index is 9.10. The molecule has 0 aromatic heterocycles. The summed E-state index contributed by atoms with van der Waals surface area (Å²) in [6.45, 7) is 1.99. The fourth-order valence-corrected chi connectivity index (χ4v) is 0.962. The number of carboxylic acids is 2. The van der Waals surface area contributed by atoms with Crippen molar-refractivity contribution in [2.45, 2.75) is 12.8 Å². The first kappa shape index (κ1) is 12.4. The Kier molecular flexibility index (Phi) is 6.07. The fourth-order valence-electron chi connectivity index (χ4n) is 0.962. The van der Waals surface area contributed by atoms with Crippen molar-refractivity contribution in [3.05, 3.63) is 0 Å². The van der Waals surface area contributed by atoms with E-state index in [1.165, 1.54) is 0 Å². The molecule has 0 unspecified atom stereocenters. The maximum Gasteiger partial charge on any atom is 0.414 e. The van der Waals surface area contributed by atoms with Crippen molar-refractivity contribution in [1.29, 1.82) is 5.26 Å². The van der Waals surface area contributed by atoms with Crippen molar-refractivity contribution < 1.29 is 19.8 Å². The summed E-state index contributed by atoms with van der Waals surface area (Å²) in [5, 5.41) is 26.3. The molecular weight excluding hydrogens is 188 g/mol. The lowest BCUT2D eigenvalue weighted by atomic mass is 10.0. The predicted molar refractivity (Wildman–Crippen MR) is 46.5 cm³/mol. The SMILES string of the molecule is N#C[C@@H]1CCCNC1.O=C(O)C(=O)O.